The number of nitro groups is 1. The maximum atomic E-state index is 12.0. The number of nitro benzene ring substituents is 1. The molecule has 1 aromatic rings. The first kappa shape index (κ1) is 16.2. The van der Waals surface area contributed by atoms with Crippen LogP contribution in [-0.4, -0.2) is 37.7 Å². The molecule has 0 atom stereocenters. The van der Waals surface area contributed by atoms with Crippen LogP contribution in [-0.2, 0) is 4.74 Å². The van der Waals surface area contributed by atoms with Crippen molar-refractivity contribution in [3.63, 3.8) is 0 Å². The predicted molar refractivity (Wildman–Crippen MR) is 80.1 cm³/mol. The number of hydrogen-bond donors (Lipinski definition) is 1. The van der Waals surface area contributed by atoms with Gasteiger partial charge in [0.05, 0.1) is 12.0 Å². The number of nitrogens with zero attached hydrogens (tertiary/aromatic N) is 1. The summed E-state index contributed by atoms with van der Waals surface area (Å²) in [6, 6.07) is 4.15. The van der Waals surface area contributed by atoms with E-state index in [4.69, 9.17) is 9.47 Å². The minimum absolute atomic E-state index is 0.134. The molecule has 0 radical (unpaired) electrons. The maximum Gasteiger partial charge on any atom is 0.311 e. The van der Waals surface area contributed by atoms with Crippen molar-refractivity contribution in [1.82, 2.24) is 5.32 Å². The summed E-state index contributed by atoms with van der Waals surface area (Å²) in [5.74, 6) is 0.525. The van der Waals surface area contributed by atoms with Crippen molar-refractivity contribution in [1.29, 1.82) is 0 Å². The van der Waals surface area contributed by atoms with Crippen LogP contribution in [0.15, 0.2) is 18.2 Å². The highest BCUT2D eigenvalue weighted by Gasteiger charge is 2.21. The molecule has 7 nitrogen and oxygen atoms in total. The van der Waals surface area contributed by atoms with Crippen LogP contribution in [0, 0.1) is 16.0 Å². The molecule has 1 fully saturated rings. The van der Waals surface area contributed by atoms with Gasteiger partial charge in [-0.3, -0.25) is 14.9 Å². The number of carbonyl (C=O) groups excluding carboxylic acids is 1. The third kappa shape index (κ3) is 4.70. The van der Waals surface area contributed by atoms with E-state index in [9.17, 15) is 14.9 Å². The van der Waals surface area contributed by atoms with Gasteiger partial charge in [-0.05, 0) is 37.3 Å². The third-order valence-corrected chi connectivity index (χ3v) is 3.44. The third-order valence-electron chi connectivity index (χ3n) is 3.44. The summed E-state index contributed by atoms with van der Waals surface area (Å²) in [4.78, 5) is 22.3. The van der Waals surface area contributed by atoms with Crippen LogP contribution >= 0.6 is 0 Å². The van der Waals surface area contributed by atoms with Crippen LogP contribution in [0.1, 0.15) is 29.6 Å². The molecule has 0 saturated heterocycles. The molecule has 1 N–H and O–H groups in total. The molecule has 22 heavy (non-hydrogen) atoms. The highest BCUT2D eigenvalue weighted by atomic mass is 16.6. The Balaban J connectivity index is 1.78. The maximum absolute atomic E-state index is 12.0. The Hall–Kier alpha value is -2.15. The average molecular weight is 308 g/mol. The van der Waals surface area contributed by atoms with Gasteiger partial charge in [0.15, 0.2) is 5.75 Å². The fourth-order valence-electron chi connectivity index (χ4n) is 1.99. The van der Waals surface area contributed by atoms with Crippen molar-refractivity contribution in [2.45, 2.75) is 19.3 Å². The van der Waals surface area contributed by atoms with Crippen LogP contribution in [0.5, 0.6) is 5.75 Å². The molecule has 0 heterocycles. The second-order valence-electron chi connectivity index (χ2n) is 5.27. The zero-order valence-electron chi connectivity index (χ0n) is 12.5. The molecule has 0 spiro atoms. The highest BCUT2D eigenvalue weighted by molar-refractivity contribution is 5.95. The number of rotatable bonds is 9. The molecule has 1 aliphatic carbocycles. The summed E-state index contributed by atoms with van der Waals surface area (Å²) < 4.78 is 10.4. The van der Waals surface area contributed by atoms with Crippen molar-refractivity contribution in [3.05, 3.63) is 33.9 Å². The Morgan fingerprint density at radius 3 is 2.86 bits per heavy atom. The monoisotopic (exact) mass is 308 g/mol. The number of nitrogens with one attached hydrogen (secondary N) is 1. The van der Waals surface area contributed by atoms with E-state index in [1.165, 1.54) is 38.2 Å². The Morgan fingerprint density at radius 2 is 2.23 bits per heavy atom. The van der Waals surface area contributed by atoms with Crippen molar-refractivity contribution in [3.8, 4) is 5.75 Å². The molecule has 2 rings (SSSR count). The van der Waals surface area contributed by atoms with Crippen LogP contribution in [0.25, 0.3) is 0 Å². The largest absolute Gasteiger partial charge is 0.490 e. The normalized spacial score (nSPS) is 13.7. The first-order chi connectivity index (χ1) is 10.6. The second-order valence-corrected chi connectivity index (χ2v) is 5.27. The number of carbonyl (C=O) groups is 1. The summed E-state index contributed by atoms with van der Waals surface area (Å²) in [5, 5.41) is 13.6. The van der Waals surface area contributed by atoms with Gasteiger partial charge in [0.1, 0.15) is 0 Å². The van der Waals surface area contributed by atoms with Gasteiger partial charge < -0.3 is 14.8 Å². The zero-order valence-corrected chi connectivity index (χ0v) is 12.5. The van der Waals surface area contributed by atoms with E-state index in [0.717, 1.165) is 18.9 Å². The molecular formula is C15H20N2O5. The van der Waals surface area contributed by atoms with E-state index >= 15 is 0 Å². The van der Waals surface area contributed by atoms with Gasteiger partial charge in [0.25, 0.3) is 5.91 Å². The van der Waals surface area contributed by atoms with Gasteiger partial charge in [-0.2, -0.15) is 0 Å². The van der Waals surface area contributed by atoms with Crippen LogP contribution in [0.3, 0.4) is 0 Å². The molecule has 0 unspecified atom stereocenters. The lowest BCUT2D eigenvalue weighted by molar-refractivity contribution is -0.385. The molecule has 1 saturated carbocycles. The smallest absolute Gasteiger partial charge is 0.311 e. The predicted octanol–water partition coefficient (Wildman–Crippen LogP) is 2.15. The number of benzene rings is 1. The molecule has 1 aliphatic rings. The number of ether oxygens (including phenoxy) is 2. The summed E-state index contributed by atoms with van der Waals surface area (Å²) >= 11 is 0. The standard InChI is InChI=1S/C15H20N2O5/c1-21-14-6-5-12(9-13(14)17(19)20)15(18)16-7-2-8-22-10-11-3-4-11/h5-6,9,11H,2-4,7-8,10H2,1H3,(H,16,18). The fraction of sp³-hybridized carbons (Fsp3) is 0.533. The molecule has 0 aliphatic heterocycles. The molecule has 0 aromatic heterocycles. The summed E-state index contributed by atoms with van der Waals surface area (Å²) in [6.07, 6.45) is 3.23. The van der Waals surface area contributed by atoms with Gasteiger partial charge in [-0.15, -0.1) is 0 Å². The van der Waals surface area contributed by atoms with E-state index < -0.39 is 4.92 Å². The lowest BCUT2D eigenvalue weighted by Gasteiger charge is -2.07. The molecule has 7 heteroatoms. The topological polar surface area (TPSA) is 90.7 Å². The van der Waals surface area contributed by atoms with Crippen LogP contribution < -0.4 is 10.1 Å². The van der Waals surface area contributed by atoms with Crippen molar-refractivity contribution >= 4 is 11.6 Å². The van der Waals surface area contributed by atoms with Gasteiger partial charge in [0.2, 0.25) is 0 Å². The van der Waals surface area contributed by atoms with E-state index in [2.05, 4.69) is 5.32 Å². The first-order valence-corrected chi connectivity index (χ1v) is 7.30. The summed E-state index contributed by atoms with van der Waals surface area (Å²) in [6.45, 7) is 1.89. The van der Waals surface area contributed by atoms with E-state index in [1.807, 2.05) is 0 Å². The van der Waals surface area contributed by atoms with Crippen molar-refractivity contribution in [2.24, 2.45) is 5.92 Å². The number of methoxy groups -OCH3 is 1. The first-order valence-electron chi connectivity index (χ1n) is 7.30. The van der Waals surface area contributed by atoms with E-state index in [0.29, 0.717) is 13.2 Å². The minimum atomic E-state index is -0.568. The molecular weight excluding hydrogens is 288 g/mol. The van der Waals surface area contributed by atoms with Gasteiger partial charge >= 0.3 is 5.69 Å². The SMILES string of the molecule is COc1ccc(C(=O)NCCCOCC2CC2)cc1[N+](=O)[O-]. The van der Waals surface area contributed by atoms with Crippen LogP contribution in [0.2, 0.25) is 0 Å². The Morgan fingerprint density at radius 1 is 1.45 bits per heavy atom. The van der Waals surface area contributed by atoms with Crippen molar-refractivity contribution < 1.29 is 19.2 Å². The minimum Gasteiger partial charge on any atom is -0.490 e. The van der Waals surface area contributed by atoms with Crippen LogP contribution in [0.4, 0.5) is 5.69 Å². The lowest BCUT2D eigenvalue weighted by atomic mass is 10.1. The molecule has 1 aromatic carbocycles. The van der Waals surface area contributed by atoms with Crippen molar-refractivity contribution in [2.75, 3.05) is 26.9 Å². The Kier molecular flexibility index (Phi) is 5.71. The zero-order chi connectivity index (χ0) is 15.9. The second kappa shape index (κ2) is 7.74. The molecule has 120 valence electrons. The Bertz CT molecular complexity index is 543. The van der Waals surface area contributed by atoms with Gasteiger partial charge in [-0.25, -0.2) is 0 Å². The van der Waals surface area contributed by atoms with E-state index in [-0.39, 0.29) is 22.9 Å². The van der Waals surface area contributed by atoms with E-state index in [1.54, 1.807) is 0 Å². The molecule has 1 amide bonds. The quantitative estimate of drug-likeness (QED) is 0.429. The van der Waals surface area contributed by atoms with Gasteiger partial charge in [-0.1, -0.05) is 0 Å². The Labute approximate surface area is 128 Å². The number of hydrogen-bond acceptors (Lipinski definition) is 5. The molecule has 0 bridgehead atoms. The fourth-order valence-corrected chi connectivity index (χ4v) is 1.99. The number of amides is 1. The summed E-state index contributed by atoms with van der Waals surface area (Å²) in [5.41, 5.74) is 0.0225. The van der Waals surface area contributed by atoms with Gasteiger partial charge in [0, 0.05) is 31.4 Å². The lowest BCUT2D eigenvalue weighted by Crippen LogP contribution is -2.25. The summed E-state index contributed by atoms with van der Waals surface area (Å²) in [7, 11) is 1.35. The highest BCUT2D eigenvalue weighted by Crippen LogP contribution is 2.29. The average Bonchev–Trinajstić information content (AvgIpc) is 3.34.